The van der Waals surface area contributed by atoms with E-state index in [-0.39, 0.29) is 11.4 Å². The normalized spacial score (nSPS) is 10.9. The summed E-state index contributed by atoms with van der Waals surface area (Å²) in [4.78, 5) is 24.3. The molecule has 0 aliphatic rings. The first-order valence-electron chi connectivity index (χ1n) is 6.87. The second-order valence-corrected chi connectivity index (χ2v) is 6.24. The number of nitrogens with zero attached hydrogens (tertiary/aromatic N) is 2. The molecule has 0 spiro atoms. The van der Waals surface area contributed by atoms with Crippen molar-refractivity contribution in [2.75, 3.05) is 5.32 Å². The fourth-order valence-corrected chi connectivity index (χ4v) is 3.61. The topological polar surface area (TPSA) is 90.0 Å². The van der Waals surface area contributed by atoms with Crippen LogP contribution in [0.1, 0.15) is 27.1 Å². The molecule has 2 heterocycles. The van der Waals surface area contributed by atoms with Gasteiger partial charge < -0.3 is 11.1 Å². The lowest BCUT2D eigenvalue weighted by Gasteiger charge is -2.02. The highest BCUT2D eigenvalue weighted by Gasteiger charge is 2.21. The van der Waals surface area contributed by atoms with Crippen molar-refractivity contribution in [3.05, 3.63) is 46.1 Å². The fourth-order valence-electron chi connectivity index (χ4n) is 2.20. The van der Waals surface area contributed by atoms with Gasteiger partial charge in [0.2, 0.25) is 0 Å². The smallest absolute Gasteiger partial charge is 0.271 e. The summed E-state index contributed by atoms with van der Waals surface area (Å²) >= 11 is 7.58. The number of thiophene rings is 1. The Balaban J connectivity index is 1.96. The zero-order chi connectivity index (χ0) is 16.6. The van der Waals surface area contributed by atoms with E-state index in [4.69, 9.17) is 17.3 Å². The molecule has 0 aliphatic carbocycles. The van der Waals surface area contributed by atoms with E-state index < -0.39 is 11.8 Å². The molecule has 3 N–H and O–H groups in total. The Morgan fingerprint density at radius 3 is 2.78 bits per heavy atom. The molecule has 118 valence electrons. The molecule has 0 unspecified atom stereocenters. The average molecular weight is 349 g/mol. The highest BCUT2D eigenvalue weighted by molar-refractivity contribution is 7.21. The van der Waals surface area contributed by atoms with E-state index in [1.165, 1.54) is 16.0 Å². The molecule has 0 atom stereocenters. The summed E-state index contributed by atoms with van der Waals surface area (Å²) < 4.78 is 2.45. The van der Waals surface area contributed by atoms with E-state index in [0.29, 0.717) is 16.4 Å². The van der Waals surface area contributed by atoms with Crippen molar-refractivity contribution < 1.29 is 9.59 Å². The highest BCUT2D eigenvalue weighted by Crippen LogP contribution is 2.35. The number of benzene rings is 1. The van der Waals surface area contributed by atoms with Crippen LogP contribution in [0.15, 0.2) is 30.5 Å². The Bertz CT molecular complexity index is 915. The van der Waals surface area contributed by atoms with Gasteiger partial charge in [0.1, 0.15) is 4.88 Å². The van der Waals surface area contributed by atoms with Crippen LogP contribution in [0, 0.1) is 0 Å². The van der Waals surface area contributed by atoms with Crippen LogP contribution in [-0.4, -0.2) is 21.6 Å². The summed E-state index contributed by atoms with van der Waals surface area (Å²) in [6.07, 6.45) is 1.57. The van der Waals surface area contributed by atoms with E-state index in [0.717, 1.165) is 10.1 Å². The van der Waals surface area contributed by atoms with Crippen LogP contribution in [0.5, 0.6) is 0 Å². The Labute approximate surface area is 140 Å². The number of fused-ring (bicyclic) bond motifs is 1. The van der Waals surface area contributed by atoms with Gasteiger partial charge in [-0.1, -0.05) is 29.8 Å². The van der Waals surface area contributed by atoms with Crippen molar-refractivity contribution in [3.63, 3.8) is 0 Å². The van der Waals surface area contributed by atoms with Gasteiger partial charge in [-0.3, -0.25) is 14.3 Å². The molecular formula is C15H13ClN4O2S. The summed E-state index contributed by atoms with van der Waals surface area (Å²) in [5, 5.41) is 7.92. The number of amides is 2. The standard InChI is InChI=1S/C15H13ClN4O2S/c1-2-20-7-9(12(19-20)14(17)21)18-15(22)13-11(16)8-5-3-4-6-10(8)23-13/h3-7H,2H2,1H3,(H2,17,21)(H,18,22). The van der Waals surface area contributed by atoms with Gasteiger partial charge in [0.15, 0.2) is 5.69 Å². The molecule has 0 fully saturated rings. The quantitative estimate of drug-likeness (QED) is 0.759. The summed E-state index contributed by atoms with van der Waals surface area (Å²) in [5.74, 6) is -1.09. The SMILES string of the molecule is CCn1cc(NC(=O)c2sc3ccccc3c2Cl)c(C(N)=O)n1. The number of aryl methyl sites for hydroxylation is 1. The molecule has 2 aromatic heterocycles. The lowest BCUT2D eigenvalue weighted by molar-refractivity contribution is 0.0995. The second kappa shape index (κ2) is 6.02. The zero-order valence-corrected chi connectivity index (χ0v) is 13.7. The number of aromatic nitrogens is 2. The van der Waals surface area contributed by atoms with E-state index in [1.54, 1.807) is 6.20 Å². The van der Waals surface area contributed by atoms with Crippen LogP contribution in [0.4, 0.5) is 5.69 Å². The molecule has 1 aromatic carbocycles. The van der Waals surface area contributed by atoms with Gasteiger partial charge in [-0.2, -0.15) is 5.10 Å². The lowest BCUT2D eigenvalue weighted by atomic mass is 10.2. The van der Waals surface area contributed by atoms with Gasteiger partial charge >= 0.3 is 0 Å². The number of anilines is 1. The second-order valence-electron chi connectivity index (χ2n) is 4.81. The summed E-state index contributed by atoms with van der Waals surface area (Å²) in [6.45, 7) is 2.42. The van der Waals surface area contributed by atoms with Crippen LogP contribution < -0.4 is 11.1 Å². The molecule has 0 saturated carbocycles. The van der Waals surface area contributed by atoms with Crippen molar-refractivity contribution in [2.45, 2.75) is 13.5 Å². The van der Waals surface area contributed by atoms with Crippen LogP contribution in [0.3, 0.4) is 0 Å². The number of carbonyl (C=O) groups excluding carboxylic acids is 2. The van der Waals surface area contributed by atoms with Gasteiger partial charge in [0.05, 0.1) is 10.7 Å². The minimum Gasteiger partial charge on any atom is -0.364 e. The zero-order valence-electron chi connectivity index (χ0n) is 12.2. The number of halogens is 1. The van der Waals surface area contributed by atoms with Gasteiger partial charge in [-0.15, -0.1) is 11.3 Å². The molecule has 0 aliphatic heterocycles. The fraction of sp³-hybridized carbons (Fsp3) is 0.133. The van der Waals surface area contributed by atoms with Crippen LogP contribution in [0.2, 0.25) is 5.02 Å². The predicted molar refractivity (Wildman–Crippen MR) is 91.2 cm³/mol. The predicted octanol–water partition coefficient (Wildman–Crippen LogP) is 3.12. The first-order chi connectivity index (χ1) is 11.0. The molecule has 0 bridgehead atoms. The number of carbonyl (C=O) groups is 2. The number of nitrogens with one attached hydrogen (secondary N) is 1. The van der Waals surface area contributed by atoms with Crippen LogP contribution in [-0.2, 0) is 6.54 Å². The minimum atomic E-state index is -0.699. The van der Waals surface area contributed by atoms with E-state index in [1.807, 2.05) is 31.2 Å². The number of hydrogen-bond donors (Lipinski definition) is 2. The first kappa shape index (κ1) is 15.5. The monoisotopic (exact) mass is 348 g/mol. The molecule has 8 heteroatoms. The summed E-state index contributed by atoms with van der Waals surface area (Å²) in [7, 11) is 0. The molecule has 0 saturated heterocycles. The Kier molecular flexibility index (Phi) is 4.06. The molecule has 6 nitrogen and oxygen atoms in total. The van der Waals surface area contributed by atoms with Crippen molar-refractivity contribution in [2.24, 2.45) is 5.73 Å². The number of hydrogen-bond acceptors (Lipinski definition) is 4. The van der Waals surface area contributed by atoms with Crippen molar-refractivity contribution >= 4 is 50.5 Å². The molecule has 0 radical (unpaired) electrons. The third-order valence-electron chi connectivity index (χ3n) is 3.31. The minimum absolute atomic E-state index is 0.0254. The Morgan fingerprint density at radius 1 is 1.39 bits per heavy atom. The van der Waals surface area contributed by atoms with E-state index in [9.17, 15) is 9.59 Å². The van der Waals surface area contributed by atoms with Gasteiger partial charge in [0.25, 0.3) is 11.8 Å². The number of primary amides is 1. The van der Waals surface area contributed by atoms with Gasteiger partial charge in [-0.05, 0) is 13.0 Å². The lowest BCUT2D eigenvalue weighted by Crippen LogP contribution is -2.17. The maximum atomic E-state index is 12.5. The maximum Gasteiger partial charge on any atom is 0.271 e. The molecule has 2 amide bonds. The Morgan fingerprint density at radius 2 is 2.13 bits per heavy atom. The van der Waals surface area contributed by atoms with Crippen molar-refractivity contribution in [1.82, 2.24) is 9.78 Å². The number of nitrogens with two attached hydrogens (primary N) is 1. The largest absolute Gasteiger partial charge is 0.364 e. The van der Waals surface area contributed by atoms with Crippen molar-refractivity contribution in [1.29, 1.82) is 0 Å². The third kappa shape index (κ3) is 2.80. The molecular weight excluding hydrogens is 336 g/mol. The molecule has 3 aromatic rings. The average Bonchev–Trinajstić information content (AvgIpc) is 3.09. The van der Waals surface area contributed by atoms with Crippen molar-refractivity contribution in [3.8, 4) is 0 Å². The van der Waals surface area contributed by atoms with Crippen LogP contribution in [0.25, 0.3) is 10.1 Å². The summed E-state index contributed by atoms with van der Waals surface area (Å²) in [5.41, 5.74) is 5.60. The number of rotatable bonds is 4. The van der Waals surface area contributed by atoms with Crippen LogP contribution >= 0.6 is 22.9 Å². The first-order valence-corrected chi connectivity index (χ1v) is 8.06. The van der Waals surface area contributed by atoms with Gasteiger partial charge in [-0.25, -0.2) is 0 Å². The molecule has 3 rings (SSSR count). The molecule has 23 heavy (non-hydrogen) atoms. The van der Waals surface area contributed by atoms with E-state index >= 15 is 0 Å². The highest BCUT2D eigenvalue weighted by atomic mass is 35.5. The maximum absolute atomic E-state index is 12.5. The van der Waals surface area contributed by atoms with Gasteiger partial charge in [0, 0.05) is 22.8 Å². The summed E-state index contributed by atoms with van der Waals surface area (Å²) in [6, 6.07) is 7.49. The Hall–Kier alpha value is -2.38. The van der Waals surface area contributed by atoms with E-state index in [2.05, 4.69) is 10.4 Å². The third-order valence-corrected chi connectivity index (χ3v) is 4.98.